The third kappa shape index (κ3) is 4.64. The Hall–Kier alpha value is -3.20. The number of hydrogen-bond acceptors (Lipinski definition) is 5. The number of halogens is 1. The molecule has 3 aliphatic rings. The number of hydrogen-bond donors (Lipinski definition) is 4. The van der Waals surface area contributed by atoms with Crippen LogP contribution in [0.5, 0.6) is 0 Å². The van der Waals surface area contributed by atoms with Crippen LogP contribution in [0.2, 0.25) is 0 Å². The third-order valence-electron chi connectivity index (χ3n) is 6.77. The Labute approximate surface area is 192 Å². The van der Waals surface area contributed by atoms with Crippen molar-refractivity contribution in [3.8, 4) is 0 Å². The van der Waals surface area contributed by atoms with E-state index in [0.717, 1.165) is 25.9 Å². The molecule has 1 saturated heterocycles. The number of carbonyl (C=O) groups is 3. The van der Waals surface area contributed by atoms with Gasteiger partial charge in [-0.2, -0.15) is 0 Å². The smallest absolute Gasteiger partial charge is 0.250 e. The molecule has 1 aromatic rings. The molecule has 1 aromatic carbocycles. The summed E-state index contributed by atoms with van der Waals surface area (Å²) in [5.74, 6) is -2.02. The number of piperidine rings is 1. The van der Waals surface area contributed by atoms with Crippen molar-refractivity contribution in [2.45, 2.75) is 38.6 Å². The van der Waals surface area contributed by atoms with E-state index in [9.17, 15) is 18.8 Å². The van der Waals surface area contributed by atoms with E-state index in [0.29, 0.717) is 28.2 Å². The van der Waals surface area contributed by atoms with Gasteiger partial charge < -0.3 is 26.2 Å². The second kappa shape index (κ2) is 9.35. The van der Waals surface area contributed by atoms with Gasteiger partial charge in [0.2, 0.25) is 17.7 Å². The van der Waals surface area contributed by atoms with Gasteiger partial charge in [-0.05, 0) is 62.7 Å². The lowest BCUT2D eigenvalue weighted by atomic mass is 9.94. The molecule has 0 aliphatic carbocycles. The zero-order chi connectivity index (χ0) is 23.7. The summed E-state index contributed by atoms with van der Waals surface area (Å²) in [6.45, 7) is 5.36. The maximum absolute atomic E-state index is 13.7. The molecular formula is C24H30FN5O3. The lowest BCUT2D eigenvalue weighted by Gasteiger charge is -2.31. The van der Waals surface area contributed by atoms with Gasteiger partial charge in [0.1, 0.15) is 5.82 Å². The number of rotatable bonds is 5. The maximum atomic E-state index is 13.7. The van der Waals surface area contributed by atoms with E-state index in [4.69, 9.17) is 0 Å². The number of anilines is 1. The van der Waals surface area contributed by atoms with Gasteiger partial charge in [0, 0.05) is 41.7 Å². The molecule has 0 spiro atoms. The summed E-state index contributed by atoms with van der Waals surface area (Å²) < 4.78 is 13.7. The van der Waals surface area contributed by atoms with Crippen molar-refractivity contribution in [2.24, 2.45) is 5.92 Å². The fourth-order valence-electron chi connectivity index (χ4n) is 4.80. The fourth-order valence-corrected chi connectivity index (χ4v) is 4.80. The van der Waals surface area contributed by atoms with Gasteiger partial charge in [0.25, 0.3) is 0 Å². The first-order valence-corrected chi connectivity index (χ1v) is 11.3. The topological polar surface area (TPSA) is 103 Å². The average Bonchev–Trinajstić information content (AvgIpc) is 3.26. The van der Waals surface area contributed by atoms with Gasteiger partial charge in [-0.1, -0.05) is 6.92 Å². The number of benzene rings is 1. The molecule has 4 rings (SSSR count). The molecule has 33 heavy (non-hydrogen) atoms. The van der Waals surface area contributed by atoms with E-state index in [1.165, 1.54) is 12.1 Å². The van der Waals surface area contributed by atoms with E-state index >= 15 is 0 Å². The van der Waals surface area contributed by atoms with Gasteiger partial charge in [-0.25, -0.2) is 4.39 Å². The summed E-state index contributed by atoms with van der Waals surface area (Å²) in [6, 6.07) is 4.39. The van der Waals surface area contributed by atoms with Crippen molar-refractivity contribution in [2.75, 3.05) is 32.0 Å². The Morgan fingerprint density at radius 3 is 2.70 bits per heavy atom. The number of amides is 3. The SMILES string of the molecule is CC1=C(C(=O)NCC(=O)N(C)C2CCNCC2)C(C)C(=CC2C(=O)Nc3ccc(F)cc32)N1. The van der Waals surface area contributed by atoms with Gasteiger partial charge in [0.05, 0.1) is 12.5 Å². The van der Waals surface area contributed by atoms with Crippen LogP contribution in [0, 0.1) is 11.7 Å². The van der Waals surface area contributed by atoms with Crippen molar-refractivity contribution in [1.82, 2.24) is 20.9 Å². The van der Waals surface area contributed by atoms with Crippen LogP contribution in [0.15, 0.2) is 41.2 Å². The summed E-state index contributed by atoms with van der Waals surface area (Å²) in [6.07, 6.45) is 3.54. The van der Waals surface area contributed by atoms with Crippen LogP contribution in [0.25, 0.3) is 0 Å². The first-order valence-electron chi connectivity index (χ1n) is 11.3. The number of nitrogens with zero attached hydrogens (tertiary/aromatic N) is 1. The molecule has 0 bridgehead atoms. The second-order valence-corrected chi connectivity index (χ2v) is 8.87. The second-order valence-electron chi connectivity index (χ2n) is 8.87. The van der Waals surface area contributed by atoms with E-state index < -0.39 is 11.7 Å². The van der Waals surface area contributed by atoms with E-state index in [-0.39, 0.29) is 36.2 Å². The van der Waals surface area contributed by atoms with Gasteiger partial charge in [-0.15, -0.1) is 0 Å². The first kappa shape index (κ1) is 23.0. The molecule has 9 heteroatoms. The largest absolute Gasteiger partial charge is 0.362 e. The number of likely N-dealkylation sites (N-methyl/N-ethyl adjacent to an activating group) is 1. The highest BCUT2D eigenvalue weighted by Gasteiger charge is 2.34. The normalized spacial score (nSPS) is 23.9. The minimum Gasteiger partial charge on any atom is -0.362 e. The molecule has 0 saturated carbocycles. The fraction of sp³-hybridized carbons (Fsp3) is 0.458. The summed E-state index contributed by atoms with van der Waals surface area (Å²) >= 11 is 0. The summed E-state index contributed by atoms with van der Waals surface area (Å²) in [4.78, 5) is 39.7. The van der Waals surface area contributed by atoms with E-state index in [1.807, 2.05) is 6.92 Å². The molecule has 0 radical (unpaired) electrons. The number of nitrogens with one attached hydrogen (secondary N) is 4. The first-order chi connectivity index (χ1) is 15.8. The van der Waals surface area contributed by atoms with E-state index in [1.54, 1.807) is 31.0 Å². The highest BCUT2D eigenvalue weighted by molar-refractivity contribution is 6.04. The lowest BCUT2D eigenvalue weighted by Crippen LogP contribution is -2.47. The zero-order valence-electron chi connectivity index (χ0n) is 19.1. The van der Waals surface area contributed by atoms with Crippen molar-refractivity contribution < 1.29 is 18.8 Å². The molecule has 3 heterocycles. The molecule has 2 atom stereocenters. The molecular weight excluding hydrogens is 425 g/mol. The van der Waals surface area contributed by atoms with Crippen LogP contribution in [-0.4, -0.2) is 55.3 Å². The van der Waals surface area contributed by atoms with Crippen LogP contribution in [0.1, 0.15) is 38.2 Å². The summed E-state index contributed by atoms with van der Waals surface area (Å²) in [5.41, 5.74) is 3.06. The Bertz CT molecular complexity index is 1040. The van der Waals surface area contributed by atoms with Gasteiger partial charge >= 0.3 is 0 Å². The van der Waals surface area contributed by atoms with Gasteiger partial charge in [-0.3, -0.25) is 14.4 Å². The van der Waals surface area contributed by atoms with E-state index in [2.05, 4.69) is 21.3 Å². The Morgan fingerprint density at radius 2 is 1.97 bits per heavy atom. The van der Waals surface area contributed by atoms with Crippen LogP contribution < -0.4 is 21.3 Å². The minimum absolute atomic E-state index is 0.0699. The summed E-state index contributed by atoms with van der Waals surface area (Å²) in [5, 5.41) is 12.0. The molecule has 0 aromatic heterocycles. The van der Waals surface area contributed by atoms with Crippen LogP contribution in [0.4, 0.5) is 10.1 Å². The molecule has 4 N–H and O–H groups in total. The molecule has 8 nitrogen and oxygen atoms in total. The van der Waals surface area contributed by atoms with Crippen molar-refractivity contribution in [1.29, 1.82) is 0 Å². The van der Waals surface area contributed by atoms with Crippen molar-refractivity contribution in [3.63, 3.8) is 0 Å². The van der Waals surface area contributed by atoms with Crippen molar-refractivity contribution in [3.05, 3.63) is 52.6 Å². The van der Waals surface area contributed by atoms with Gasteiger partial charge in [0.15, 0.2) is 0 Å². The maximum Gasteiger partial charge on any atom is 0.250 e. The molecule has 176 valence electrons. The summed E-state index contributed by atoms with van der Waals surface area (Å²) in [7, 11) is 1.78. The van der Waals surface area contributed by atoms with Crippen LogP contribution in [0.3, 0.4) is 0 Å². The Kier molecular flexibility index (Phi) is 6.51. The van der Waals surface area contributed by atoms with Crippen LogP contribution >= 0.6 is 0 Å². The Morgan fingerprint density at radius 1 is 1.24 bits per heavy atom. The monoisotopic (exact) mass is 455 g/mol. The predicted molar refractivity (Wildman–Crippen MR) is 123 cm³/mol. The number of fused-ring (bicyclic) bond motifs is 1. The van der Waals surface area contributed by atoms with Crippen molar-refractivity contribution >= 4 is 23.4 Å². The molecule has 3 aliphatic heterocycles. The number of carbonyl (C=O) groups excluding carboxylic acids is 3. The number of allylic oxidation sites excluding steroid dienone is 2. The molecule has 1 fully saturated rings. The molecule has 3 amide bonds. The third-order valence-corrected chi connectivity index (χ3v) is 6.77. The average molecular weight is 456 g/mol. The predicted octanol–water partition coefficient (Wildman–Crippen LogP) is 1.59. The highest BCUT2D eigenvalue weighted by atomic mass is 19.1. The highest BCUT2D eigenvalue weighted by Crippen LogP contribution is 2.37. The minimum atomic E-state index is -0.643. The van der Waals surface area contributed by atoms with Crippen LogP contribution in [-0.2, 0) is 14.4 Å². The quantitative estimate of drug-likeness (QED) is 0.540. The zero-order valence-corrected chi connectivity index (χ0v) is 19.1. The molecule has 2 unspecified atom stereocenters. The Balaban J connectivity index is 1.41. The standard InChI is InChI=1S/C24H30FN5O3/c1-13-20(11-18-17-10-15(25)4-5-19(17)29-23(18)32)28-14(2)22(13)24(33)27-12-21(31)30(3)16-6-8-26-9-7-16/h4-5,10-11,13,16,18,26,28H,6-9,12H2,1-3H3,(H,27,33)(H,29,32). The lowest BCUT2D eigenvalue weighted by molar-refractivity contribution is -0.133.